The van der Waals surface area contributed by atoms with E-state index in [1.54, 1.807) is 6.07 Å². The van der Waals surface area contributed by atoms with E-state index in [2.05, 4.69) is 14.5 Å². The van der Waals surface area contributed by atoms with E-state index in [-0.39, 0.29) is 11.4 Å². The van der Waals surface area contributed by atoms with E-state index in [9.17, 15) is 23.3 Å². The number of nitrogens with zero attached hydrogens (tertiary/aromatic N) is 3. The minimum Gasteiger partial charge on any atom is -0.463 e. The van der Waals surface area contributed by atoms with Gasteiger partial charge < -0.3 is 19.6 Å². The maximum absolute atomic E-state index is 12.2. The van der Waals surface area contributed by atoms with Gasteiger partial charge in [-0.25, -0.2) is 0 Å². The summed E-state index contributed by atoms with van der Waals surface area (Å²) in [4.78, 5) is 12.8. The highest BCUT2D eigenvalue weighted by atomic mass is 19.4. The molecule has 1 rings (SSSR count). The van der Waals surface area contributed by atoms with Crippen LogP contribution >= 0.6 is 0 Å². The Labute approximate surface area is 104 Å². The third-order valence-electron chi connectivity index (χ3n) is 1.88. The second-order valence-electron chi connectivity index (χ2n) is 3.12. The number of halogens is 3. The van der Waals surface area contributed by atoms with Gasteiger partial charge in [-0.15, -0.1) is 13.2 Å². The standard InChI is InChI=1S/C9H6F3N3O4/c1-18-6-4-5(2-3-13)7(19-9(10,11)12)8(14-6)15(16)17/h4H,2H2,1H3. The number of alkyl halides is 3. The van der Waals surface area contributed by atoms with Gasteiger partial charge in [0.05, 0.1) is 19.6 Å². The number of methoxy groups -OCH3 is 1. The van der Waals surface area contributed by atoms with Crippen LogP contribution in [-0.4, -0.2) is 23.4 Å². The van der Waals surface area contributed by atoms with Crippen LogP contribution in [0, 0.1) is 21.4 Å². The largest absolute Gasteiger partial charge is 0.573 e. The van der Waals surface area contributed by atoms with Gasteiger partial charge in [0.1, 0.15) is 0 Å². The van der Waals surface area contributed by atoms with E-state index in [0.717, 1.165) is 13.2 Å². The highest BCUT2D eigenvalue weighted by molar-refractivity contribution is 5.50. The molecule has 0 aliphatic rings. The lowest BCUT2D eigenvalue weighted by atomic mass is 10.2. The molecule has 1 aromatic rings. The number of nitro groups is 1. The Morgan fingerprint density at radius 1 is 1.58 bits per heavy atom. The van der Waals surface area contributed by atoms with Crippen molar-refractivity contribution in [1.29, 1.82) is 5.26 Å². The van der Waals surface area contributed by atoms with Gasteiger partial charge in [0.25, 0.3) is 0 Å². The predicted molar refractivity (Wildman–Crippen MR) is 53.4 cm³/mol. The maximum atomic E-state index is 12.2. The lowest BCUT2D eigenvalue weighted by Gasteiger charge is -2.11. The number of hydrogen-bond donors (Lipinski definition) is 0. The van der Waals surface area contributed by atoms with Gasteiger partial charge in [0.15, 0.2) is 0 Å². The molecule has 1 heterocycles. The summed E-state index contributed by atoms with van der Waals surface area (Å²) in [5.41, 5.74) is -0.335. The molecule has 0 fully saturated rings. The molecule has 0 saturated carbocycles. The van der Waals surface area contributed by atoms with Crippen LogP contribution in [-0.2, 0) is 6.42 Å². The van der Waals surface area contributed by atoms with Crippen molar-refractivity contribution in [3.63, 3.8) is 0 Å². The molecule has 7 nitrogen and oxygen atoms in total. The number of aromatic nitrogens is 1. The molecule has 0 aromatic carbocycles. The molecular weight excluding hydrogens is 271 g/mol. The van der Waals surface area contributed by atoms with Crippen LogP contribution in [0.2, 0.25) is 0 Å². The lowest BCUT2D eigenvalue weighted by molar-refractivity contribution is -0.393. The SMILES string of the molecule is COc1cc(CC#N)c(OC(F)(F)F)c([N+](=O)[O-])n1. The van der Waals surface area contributed by atoms with Crippen LogP contribution in [0.3, 0.4) is 0 Å². The van der Waals surface area contributed by atoms with Crippen molar-refractivity contribution in [2.45, 2.75) is 12.8 Å². The first-order valence-corrected chi connectivity index (χ1v) is 4.63. The summed E-state index contributed by atoms with van der Waals surface area (Å²) < 4.78 is 44.8. The summed E-state index contributed by atoms with van der Waals surface area (Å²) >= 11 is 0. The summed E-state index contributed by atoms with van der Waals surface area (Å²) in [7, 11) is 1.13. The molecule has 1 aromatic heterocycles. The first-order valence-electron chi connectivity index (χ1n) is 4.63. The molecular formula is C9H6F3N3O4. The Morgan fingerprint density at radius 2 is 2.21 bits per heavy atom. The monoisotopic (exact) mass is 277 g/mol. The van der Waals surface area contributed by atoms with E-state index < -0.39 is 29.3 Å². The van der Waals surface area contributed by atoms with Crippen LogP contribution in [0.25, 0.3) is 0 Å². The van der Waals surface area contributed by atoms with E-state index in [1.165, 1.54) is 0 Å². The van der Waals surface area contributed by atoms with Crippen molar-refractivity contribution in [3.05, 3.63) is 21.7 Å². The molecule has 0 N–H and O–H groups in total. The van der Waals surface area contributed by atoms with E-state index >= 15 is 0 Å². The van der Waals surface area contributed by atoms with Gasteiger partial charge >= 0.3 is 18.1 Å². The molecule has 102 valence electrons. The quantitative estimate of drug-likeness (QED) is 0.616. The molecule has 0 aliphatic heterocycles. The molecule has 0 saturated heterocycles. The smallest absolute Gasteiger partial charge is 0.463 e. The van der Waals surface area contributed by atoms with Crippen molar-refractivity contribution >= 4 is 5.82 Å². The summed E-state index contributed by atoms with van der Waals surface area (Å²) in [6.45, 7) is 0. The summed E-state index contributed by atoms with van der Waals surface area (Å²) in [5, 5.41) is 19.2. The first-order chi connectivity index (χ1) is 8.78. The van der Waals surface area contributed by atoms with Crippen molar-refractivity contribution in [1.82, 2.24) is 4.98 Å². The van der Waals surface area contributed by atoms with Gasteiger partial charge in [-0.05, 0) is 4.92 Å². The minimum atomic E-state index is -5.13. The van der Waals surface area contributed by atoms with Gasteiger partial charge in [-0.2, -0.15) is 5.26 Å². The van der Waals surface area contributed by atoms with Crippen molar-refractivity contribution in [2.24, 2.45) is 0 Å². The second kappa shape index (κ2) is 5.38. The van der Waals surface area contributed by atoms with E-state index in [1.807, 2.05) is 0 Å². The van der Waals surface area contributed by atoms with Crippen molar-refractivity contribution in [3.8, 4) is 17.7 Å². The average Bonchev–Trinajstić information content (AvgIpc) is 2.29. The third kappa shape index (κ3) is 3.70. The summed E-state index contributed by atoms with van der Waals surface area (Å²) in [6.07, 6.45) is -5.66. The van der Waals surface area contributed by atoms with Crippen LogP contribution in [0.1, 0.15) is 5.56 Å². The van der Waals surface area contributed by atoms with E-state index in [4.69, 9.17) is 5.26 Å². The minimum absolute atomic E-state index is 0.286. The fraction of sp³-hybridized carbons (Fsp3) is 0.333. The normalized spacial score (nSPS) is 10.7. The topological polar surface area (TPSA) is 98.3 Å². The zero-order valence-corrected chi connectivity index (χ0v) is 9.39. The zero-order chi connectivity index (χ0) is 14.6. The van der Waals surface area contributed by atoms with Gasteiger partial charge in [0, 0.05) is 16.6 Å². The summed E-state index contributed by atoms with van der Waals surface area (Å²) in [6, 6.07) is 2.54. The molecule has 19 heavy (non-hydrogen) atoms. The Balaban J connectivity index is 3.45. The lowest BCUT2D eigenvalue weighted by Crippen LogP contribution is -2.19. The molecule has 0 spiro atoms. The van der Waals surface area contributed by atoms with Crippen LogP contribution < -0.4 is 9.47 Å². The highest BCUT2D eigenvalue weighted by Gasteiger charge is 2.37. The Hall–Kier alpha value is -2.57. The molecule has 10 heteroatoms. The van der Waals surface area contributed by atoms with Crippen LogP contribution in [0.5, 0.6) is 11.6 Å². The van der Waals surface area contributed by atoms with Crippen LogP contribution in [0.4, 0.5) is 19.0 Å². The summed E-state index contributed by atoms with van der Waals surface area (Å²) in [5.74, 6) is -2.56. The predicted octanol–water partition coefficient (Wildman–Crippen LogP) is 1.96. The number of ether oxygens (including phenoxy) is 2. The molecule has 0 bridgehead atoms. The number of nitriles is 1. The fourth-order valence-corrected chi connectivity index (χ4v) is 1.22. The number of pyridine rings is 1. The Morgan fingerprint density at radius 3 is 2.63 bits per heavy atom. The molecule has 0 amide bonds. The zero-order valence-electron chi connectivity index (χ0n) is 9.39. The van der Waals surface area contributed by atoms with E-state index in [0.29, 0.717) is 0 Å². The molecule has 0 atom stereocenters. The van der Waals surface area contributed by atoms with Gasteiger partial charge in [-0.3, -0.25) is 0 Å². The molecule has 0 unspecified atom stereocenters. The van der Waals surface area contributed by atoms with Gasteiger partial charge in [-0.1, -0.05) is 0 Å². The van der Waals surface area contributed by atoms with Gasteiger partial charge in [0.2, 0.25) is 5.75 Å². The fourth-order valence-electron chi connectivity index (χ4n) is 1.22. The Bertz CT molecular complexity index is 539. The number of rotatable bonds is 4. The molecule has 0 aliphatic carbocycles. The third-order valence-corrected chi connectivity index (χ3v) is 1.88. The van der Waals surface area contributed by atoms with Crippen molar-refractivity contribution < 1.29 is 27.6 Å². The highest BCUT2D eigenvalue weighted by Crippen LogP contribution is 2.36. The molecule has 0 radical (unpaired) electrons. The maximum Gasteiger partial charge on any atom is 0.573 e. The number of hydrogen-bond acceptors (Lipinski definition) is 6. The Kier molecular flexibility index (Phi) is 4.11. The first kappa shape index (κ1) is 14.5. The van der Waals surface area contributed by atoms with Crippen LogP contribution in [0.15, 0.2) is 6.07 Å². The second-order valence-corrected chi connectivity index (χ2v) is 3.12. The average molecular weight is 277 g/mol. The van der Waals surface area contributed by atoms with Crippen molar-refractivity contribution in [2.75, 3.05) is 7.11 Å².